The Hall–Kier alpha value is -0.990. The van der Waals surface area contributed by atoms with Crippen LogP contribution in [0.5, 0.6) is 0 Å². The molecule has 10 heteroatoms. The van der Waals surface area contributed by atoms with Crippen LogP contribution in [0.3, 0.4) is 0 Å². The number of carbonyl (C=O) groups is 2. The lowest BCUT2D eigenvalue weighted by molar-refractivity contribution is -0.150. The van der Waals surface area contributed by atoms with Crippen LogP contribution in [0.25, 0.3) is 0 Å². The third-order valence-electron chi connectivity index (χ3n) is 6.52. The second-order valence-electron chi connectivity index (χ2n) is 10.2. The van der Waals surface area contributed by atoms with E-state index in [4.69, 9.17) is 14.5 Å². The molecule has 3 N–H and O–H groups in total. The van der Waals surface area contributed by atoms with Gasteiger partial charge < -0.3 is 24.6 Å². The molecule has 0 fully saturated rings. The summed E-state index contributed by atoms with van der Waals surface area (Å²) in [6.07, 6.45) is 21.5. The number of ether oxygens (including phenoxy) is 2. The number of hydrogen-bond donors (Lipinski definition) is 3. The van der Waals surface area contributed by atoms with E-state index < -0.39 is 13.9 Å². The Bertz CT molecular complexity index is 587. The number of phosphoric ester groups is 1. The maximum Gasteiger partial charge on any atom is 0.469 e. The smallest absolute Gasteiger partial charge is 0.468 e. The lowest BCUT2D eigenvalue weighted by Gasteiger charge is -2.19. The minimum absolute atomic E-state index is 0.312. The number of carbonyl (C=O) groups excluding carboxylic acids is 2. The Morgan fingerprint density at radius 2 is 1.29 bits per heavy atom. The summed E-state index contributed by atoms with van der Waals surface area (Å²) >= 11 is 0. The maximum atomic E-state index is 12.2. The van der Waals surface area contributed by atoms with Gasteiger partial charge in [0.15, 0.2) is 0 Å². The lowest BCUT2D eigenvalue weighted by Crippen LogP contribution is -2.35. The minimum Gasteiger partial charge on any atom is -0.468 e. The quantitative estimate of drug-likeness (QED) is 0.0382. The van der Waals surface area contributed by atoms with E-state index in [1.165, 1.54) is 77.0 Å². The van der Waals surface area contributed by atoms with Crippen LogP contribution in [0.2, 0.25) is 0 Å². The number of esters is 1. The highest BCUT2D eigenvalue weighted by molar-refractivity contribution is 7.46. The first kappa shape index (κ1) is 37.0. The van der Waals surface area contributed by atoms with Crippen molar-refractivity contribution in [2.45, 2.75) is 141 Å². The zero-order valence-electron chi connectivity index (χ0n) is 23.9. The van der Waals surface area contributed by atoms with E-state index in [0.29, 0.717) is 26.0 Å². The Morgan fingerprint density at radius 3 is 1.82 bits per heavy atom. The van der Waals surface area contributed by atoms with Gasteiger partial charge in [-0.05, 0) is 25.8 Å². The highest BCUT2D eigenvalue weighted by Crippen LogP contribution is 2.35. The van der Waals surface area contributed by atoms with Crippen LogP contribution in [-0.2, 0) is 28.2 Å². The molecule has 0 aliphatic rings. The number of unbranched alkanes of at least 4 members (excludes halogenated alkanes) is 17. The molecule has 0 aliphatic carbocycles. The maximum absolute atomic E-state index is 12.2. The van der Waals surface area contributed by atoms with Gasteiger partial charge in [-0.3, -0.25) is 14.1 Å². The van der Waals surface area contributed by atoms with E-state index >= 15 is 0 Å². The summed E-state index contributed by atoms with van der Waals surface area (Å²) in [7, 11) is -4.61. The minimum atomic E-state index is -4.61. The zero-order chi connectivity index (χ0) is 28.2. The molecule has 0 aromatic rings. The van der Waals surface area contributed by atoms with Gasteiger partial charge in [-0.1, -0.05) is 110 Å². The molecule has 0 saturated heterocycles. The first-order valence-corrected chi connectivity index (χ1v) is 16.6. The number of hydrogen-bond acceptors (Lipinski definition) is 7. The molecule has 0 amide bonds. The molecule has 1 atom stereocenters. The van der Waals surface area contributed by atoms with Gasteiger partial charge in [0.05, 0.1) is 13.2 Å². The van der Waals surface area contributed by atoms with Gasteiger partial charge in [0.1, 0.15) is 6.10 Å². The first-order valence-electron chi connectivity index (χ1n) is 15.0. The second kappa shape index (κ2) is 27.6. The highest BCUT2D eigenvalue weighted by atomic mass is 31.2. The SMILES string of the molecule is CCCCCCCCCC(=O)O[C@@H](CNCCCCCCCCCCCCCCOC=O)COP(=O)(O)O. The van der Waals surface area contributed by atoms with Crippen molar-refractivity contribution in [3.63, 3.8) is 0 Å². The van der Waals surface area contributed by atoms with Crippen LogP contribution in [-0.4, -0.2) is 54.6 Å². The number of rotatable bonds is 30. The van der Waals surface area contributed by atoms with Crippen molar-refractivity contribution >= 4 is 20.3 Å². The van der Waals surface area contributed by atoms with Crippen molar-refractivity contribution in [2.24, 2.45) is 0 Å². The molecular weight excluding hydrogens is 509 g/mol. The Morgan fingerprint density at radius 1 is 0.789 bits per heavy atom. The van der Waals surface area contributed by atoms with Crippen molar-refractivity contribution in [3.05, 3.63) is 0 Å². The van der Waals surface area contributed by atoms with E-state index in [-0.39, 0.29) is 12.6 Å². The molecule has 0 bridgehead atoms. The second-order valence-corrected chi connectivity index (χ2v) is 11.4. The molecule has 0 saturated carbocycles. The number of phosphoric acid groups is 1. The molecule has 38 heavy (non-hydrogen) atoms. The van der Waals surface area contributed by atoms with Crippen molar-refractivity contribution in [3.8, 4) is 0 Å². The van der Waals surface area contributed by atoms with E-state index in [0.717, 1.165) is 51.5 Å². The predicted octanol–water partition coefficient (Wildman–Crippen LogP) is 6.59. The summed E-state index contributed by atoms with van der Waals surface area (Å²) in [5.41, 5.74) is 0. The third kappa shape index (κ3) is 29.6. The van der Waals surface area contributed by atoms with Gasteiger partial charge in [0.25, 0.3) is 6.47 Å². The summed E-state index contributed by atoms with van der Waals surface area (Å²) < 4.78 is 25.8. The molecule has 0 aliphatic heterocycles. The van der Waals surface area contributed by atoms with Crippen molar-refractivity contribution in [1.82, 2.24) is 5.32 Å². The molecule has 0 radical (unpaired) electrons. The van der Waals surface area contributed by atoms with Crippen LogP contribution in [0.1, 0.15) is 135 Å². The van der Waals surface area contributed by atoms with Crippen LogP contribution in [0.15, 0.2) is 0 Å². The molecule has 0 rings (SSSR count). The van der Waals surface area contributed by atoms with E-state index in [1.807, 2.05) is 0 Å². The largest absolute Gasteiger partial charge is 0.469 e. The summed E-state index contributed by atoms with van der Waals surface area (Å²) in [5.74, 6) is -0.344. The highest BCUT2D eigenvalue weighted by Gasteiger charge is 2.21. The summed E-state index contributed by atoms with van der Waals surface area (Å²) in [6.45, 7) is 3.99. The van der Waals surface area contributed by atoms with Crippen LogP contribution < -0.4 is 5.32 Å². The molecule has 0 aromatic carbocycles. The van der Waals surface area contributed by atoms with Crippen molar-refractivity contribution < 1.29 is 37.9 Å². The first-order chi connectivity index (χ1) is 18.4. The van der Waals surface area contributed by atoms with Crippen LogP contribution in [0.4, 0.5) is 0 Å². The van der Waals surface area contributed by atoms with Gasteiger partial charge >= 0.3 is 13.8 Å². The monoisotopic (exact) mass is 565 g/mol. The van der Waals surface area contributed by atoms with Gasteiger partial charge in [-0.2, -0.15) is 0 Å². The van der Waals surface area contributed by atoms with Gasteiger partial charge in [0.2, 0.25) is 0 Å². The van der Waals surface area contributed by atoms with E-state index in [1.54, 1.807) is 0 Å². The fourth-order valence-electron chi connectivity index (χ4n) is 4.30. The summed E-state index contributed by atoms with van der Waals surface area (Å²) in [6, 6.07) is 0. The third-order valence-corrected chi connectivity index (χ3v) is 7.00. The van der Waals surface area contributed by atoms with Gasteiger partial charge in [-0.15, -0.1) is 0 Å². The Labute approximate surface area is 231 Å². The molecular formula is C28H56NO8P. The lowest BCUT2D eigenvalue weighted by atomic mass is 10.1. The number of nitrogens with one attached hydrogen (secondary N) is 1. The topological polar surface area (TPSA) is 131 Å². The zero-order valence-corrected chi connectivity index (χ0v) is 24.8. The standard InChI is InChI=1S/C28H56NO8P/c1-2-3-4-5-12-15-18-21-28(31)37-27(25-36-38(32,33)34)24-29-22-19-16-13-10-8-6-7-9-11-14-17-20-23-35-26-30/h26-27,29H,2-25H2,1H3,(H2,32,33,34)/t27-/m0/s1. The molecule has 0 spiro atoms. The average Bonchev–Trinajstić information content (AvgIpc) is 2.88. The van der Waals surface area contributed by atoms with Crippen LogP contribution >= 0.6 is 7.82 Å². The van der Waals surface area contributed by atoms with Gasteiger partial charge in [-0.25, -0.2) is 4.57 Å². The van der Waals surface area contributed by atoms with Crippen LogP contribution in [0, 0.1) is 0 Å². The van der Waals surface area contributed by atoms with E-state index in [9.17, 15) is 14.2 Å². The predicted molar refractivity (Wildman–Crippen MR) is 151 cm³/mol. The average molecular weight is 566 g/mol. The molecule has 0 heterocycles. The van der Waals surface area contributed by atoms with Crippen molar-refractivity contribution in [2.75, 3.05) is 26.3 Å². The van der Waals surface area contributed by atoms with Gasteiger partial charge in [0, 0.05) is 13.0 Å². The fourth-order valence-corrected chi connectivity index (χ4v) is 4.66. The fraction of sp³-hybridized carbons (Fsp3) is 0.929. The normalized spacial score (nSPS) is 12.4. The molecule has 0 unspecified atom stereocenters. The molecule has 9 nitrogen and oxygen atoms in total. The Balaban J connectivity index is 3.78. The summed E-state index contributed by atoms with van der Waals surface area (Å²) in [5, 5.41) is 3.23. The molecule has 0 aromatic heterocycles. The molecule has 226 valence electrons. The van der Waals surface area contributed by atoms with E-state index in [2.05, 4.69) is 21.5 Å². The summed E-state index contributed by atoms with van der Waals surface area (Å²) in [4.78, 5) is 40.2. The van der Waals surface area contributed by atoms with Crippen molar-refractivity contribution in [1.29, 1.82) is 0 Å². The Kier molecular flexibility index (Phi) is 26.9.